The molecule has 3 nitrogen and oxygen atoms in total. The normalized spacial score (nSPS) is 10.4. The number of hydrogen-bond acceptors (Lipinski definition) is 2. The highest BCUT2D eigenvalue weighted by molar-refractivity contribution is 5.96. The predicted molar refractivity (Wildman–Crippen MR) is 79.2 cm³/mol. The molecule has 0 saturated carbocycles. The molecule has 0 aliphatic rings. The molecule has 0 atom stereocenters. The molecule has 4 heteroatoms. The van der Waals surface area contributed by atoms with Gasteiger partial charge in [0.1, 0.15) is 5.82 Å². The first-order valence-electron chi connectivity index (χ1n) is 5.57. The van der Waals surface area contributed by atoms with Crippen LogP contribution in [0.4, 0.5) is 15.8 Å². The van der Waals surface area contributed by atoms with Gasteiger partial charge in [0.2, 0.25) is 0 Å². The lowest BCUT2D eigenvalue weighted by atomic mass is 10.0. The molecule has 19 heavy (non-hydrogen) atoms. The first kappa shape index (κ1) is 13.0. The van der Waals surface area contributed by atoms with Crippen molar-refractivity contribution >= 4 is 22.3 Å². The number of benzene rings is 2. The van der Waals surface area contributed by atoms with Gasteiger partial charge in [-0.1, -0.05) is 13.5 Å². The van der Waals surface area contributed by atoms with Crippen molar-refractivity contribution in [2.24, 2.45) is 0 Å². The standard InChI is InChI=1S/C14H12FN3.CH4/c15-9-2-3-10-11(7-18-14(10)6-9)8-1-4-12(16)13(17)5-8;/h1-7,18H,16-17H2;1H4. The van der Waals surface area contributed by atoms with Crippen molar-refractivity contribution in [2.75, 3.05) is 11.5 Å². The number of aromatic amines is 1. The Hall–Kier alpha value is -2.49. The minimum absolute atomic E-state index is 0. The fraction of sp³-hybridized carbons (Fsp3) is 0.0667. The molecular formula is C15H16FN3. The summed E-state index contributed by atoms with van der Waals surface area (Å²) in [4.78, 5) is 3.05. The lowest BCUT2D eigenvalue weighted by Crippen LogP contribution is -1.94. The number of hydrogen-bond donors (Lipinski definition) is 3. The van der Waals surface area contributed by atoms with Crippen molar-refractivity contribution in [1.29, 1.82) is 0 Å². The highest BCUT2D eigenvalue weighted by Crippen LogP contribution is 2.31. The Bertz CT molecular complexity index is 731. The van der Waals surface area contributed by atoms with Crippen LogP contribution in [0.2, 0.25) is 0 Å². The van der Waals surface area contributed by atoms with Crippen LogP contribution in [0.15, 0.2) is 42.6 Å². The molecule has 0 aliphatic carbocycles. The van der Waals surface area contributed by atoms with Crippen molar-refractivity contribution in [1.82, 2.24) is 4.98 Å². The van der Waals surface area contributed by atoms with E-state index in [9.17, 15) is 4.39 Å². The van der Waals surface area contributed by atoms with E-state index < -0.39 is 0 Å². The van der Waals surface area contributed by atoms with Gasteiger partial charge in [-0.05, 0) is 35.9 Å². The topological polar surface area (TPSA) is 67.8 Å². The van der Waals surface area contributed by atoms with E-state index >= 15 is 0 Å². The third kappa shape index (κ3) is 2.12. The summed E-state index contributed by atoms with van der Waals surface area (Å²) in [6.07, 6.45) is 1.84. The Morgan fingerprint density at radius 3 is 2.47 bits per heavy atom. The largest absolute Gasteiger partial charge is 0.397 e. The van der Waals surface area contributed by atoms with E-state index in [1.54, 1.807) is 12.1 Å². The molecule has 0 saturated heterocycles. The van der Waals surface area contributed by atoms with Crippen LogP contribution < -0.4 is 11.5 Å². The van der Waals surface area contributed by atoms with Gasteiger partial charge in [0, 0.05) is 22.7 Å². The Morgan fingerprint density at radius 2 is 1.74 bits per heavy atom. The van der Waals surface area contributed by atoms with E-state index in [4.69, 9.17) is 11.5 Å². The molecule has 0 radical (unpaired) electrons. The molecule has 1 aromatic heterocycles. The fourth-order valence-electron chi connectivity index (χ4n) is 2.08. The molecule has 1 heterocycles. The molecule has 0 amide bonds. The number of nitrogens with one attached hydrogen (secondary N) is 1. The molecule has 98 valence electrons. The second-order valence-corrected chi connectivity index (χ2v) is 4.24. The van der Waals surface area contributed by atoms with Crippen LogP contribution in [0.3, 0.4) is 0 Å². The molecule has 0 fully saturated rings. The zero-order valence-electron chi connectivity index (χ0n) is 9.57. The Balaban J connectivity index is 0.00000133. The summed E-state index contributed by atoms with van der Waals surface area (Å²) in [5.41, 5.74) is 15.3. The lowest BCUT2D eigenvalue weighted by Gasteiger charge is -2.04. The highest BCUT2D eigenvalue weighted by atomic mass is 19.1. The summed E-state index contributed by atoms with van der Waals surface area (Å²) in [6, 6.07) is 10.2. The van der Waals surface area contributed by atoms with E-state index in [1.165, 1.54) is 12.1 Å². The third-order valence-electron chi connectivity index (χ3n) is 3.04. The van der Waals surface area contributed by atoms with Crippen molar-refractivity contribution in [2.45, 2.75) is 7.43 Å². The SMILES string of the molecule is C.Nc1ccc(-c2c[nH]c3cc(F)ccc23)cc1N. The number of aromatic nitrogens is 1. The maximum atomic E-state index is 13.1. The molecule has 0 spiro atoms. The fourth-order valence-corrected chi connectivity index (χ4v) is 2.08. The quantitative estimate of drug-likeness (QED) is 0.581. The van der Waals surface area contributed by atoms with Gasteiger partial charge < -0.3 is 16.5 Å². The molecule has 5 N–H and O–H groups in total. The number of fused-ring (bicyclic) bond motifs is 1. The molecule has 0 bridgehead atoms. The molecule has 0 unspecified atom stereocenters. The summed E-state index contributed by atoms with van der Waals surface area (Å²) < 4.78 is 13.1. The second kappa shape index (κ2) is 4.65. The van der Waals surface area contributed by atoms with Crippen LogP contribution in [0.1, 0.15) is 7.43 Å². The number of halogens is 1. The zero-order valence-corrected chi connectivity index (χ0v) is 9.57. The number of H-pyrrole nitrogens is 1. The number of nitrogens with two attached hydrogens (primary N) is 2. The average Bonchev–Trinajstić information content (AvgIpc) is 2.75. The number of rotatable bonds is 1. The van der Waals surface area contributed by atoms with Crippen LogP contribution >= 0.6 is 0 Å². The van der Waals surface area contributed by atoms with Crippen LogP contribution in [-0.4, -0.2) is 4.98 Å². The zero-order chi connectivity index (χ0) is 12.7. The van der Waals surface area contributed by atoms with Crippen LogP contribution in [-0.2, 0) is 0 Å². The second-order valence-electron chi connectivity index (χ2n) is 4.24. The van der Waals surface area contributed by atoms with E-state index in [0.717, 1.165) is 22.0 Å². The smallest absolute Gasteiger partial charge is 0.125 e. The molecule has 3 aromatic rings. The van der Waals surface area contributed by atoms with Crippen molar-refractivity contribution in [3.8, 4) is 11.1 Å². The summed E-state index contributed by atoms with van der Waals surface area (Å²) in [7, 11) is 0. The van der Waals surface area contributed by atoms with E-state index in [0.29, 0.717) is 11.4 Å². The summed E-state index contributed by atoms with van der Waals surface area (Å²) in [5, 5.41) is 0.959. The van der Waals surface area contributed by atoms with Crippen molar-refractivity contribution < 1.29 is 4.39 Å². The van der Waals surface area contributed by atoms with Gasteiger partial charge in [-0.2, -0.15) is 0 Å². The first-order chi connectivity index (χ1) is 8.65. The number of anilines is 2. The lowest BCUT2D eigenvalue weighted by molar-refractivity contribution is 0.629. The minimum Gasteiger partial charge on any atom is -0.397 e. The first-order valence-corrected chi connectivity index (χ1v) is 5.57. The maximum Gasteiger partial charge on any atom is 0.125 e. The number of nitrogen functional groups attached to an aromatic ring is 2. The Kier molecular flexibility index (Phi) is 3.17. The predicted octanol–water partition coefficient (Wildman–Crippen LogP) is 3.77. The van der Waals surface area contributed by atoms with Crippen molar-refractivity contribution in [3.63, 3.8) is 0 Å². The van der Waals surface area contributed by atoms with Gasteiger partial charge in [-0.25, -0.2) is 4.39 Å². The monoisotopic (exact) mass is 257 g/mol. The van der Waals surface area contributed by atoms with Gasteiger partial charge in [-0.3, -0.25) is 0 Å². The van der Waals surface area contributed by atoms with E-state index in [1.807, 2.05) is 18.3 Å². The Morgan fingerprint density at radius 1 is 0.947 bits per heavy atom. The summed E-state index contributed by atoms with van der Waals surface area (Å²) >= 11 is 0. The van der Waals surface area contributed by atoms with E-state index in [-0.39, 0.29) is 13.2 Å². The molecule has 0 aliphatic heterocycles. The summed E-state index contributed by atoms with van der Waals surface area (Å²) in [6.45, 7) is 0. The minimum atomic E-state index is -0.257. The van der Waals surface area contributed by atoms with Gasteiger partial charge >= 0.3 is 0 Å². The van der Waals surface area contributed by atoms with Gasteiger partial charge in [-0.15, -0.1) is 0 Å². The maximum absolute atomic E-state index is 13.1. The van der Waals surface area contributed by atoms with Gasteiger partial charge in [0.05, 0.1) is 11.4 Å². The van der Waals surface area contributed by atoms with Crippen LogP contribution in [0.25, 0.3) is 22.0 Å². The molecular weight excluding hydrogens is 241 g/mol. The van der Waals surface area contributed by atoms with Crippen LogP contribution in [0, 0.1) is 5.82 Å². The Labute approximate surface area is 111 Å². The summed E-state index contributed by atoms with van der Waals surface area (Å²) in [5.74, 6) is -0.257. The average molecular weight is 257 g/mol. The molecule has 3 rings (SSSR count). The van der Waals surface area contributed by atoms with Crippen LogP contribution in [0.5, 0.6) is 0 Å². The van der Waals surface area contributed by atoms with E-state index in [2.05, 4.69) is 4.98 Å². The van der Waals surface area contributed by atoms with Gasteiger partial charge in [0.25, 0.3) is 0 Å². The third-order valence-corrected chi connectivity index (χ3v) is 3.04. The highest BCUT2D eigenvalue weighted by Gasteiger charge is 2.07. The van der Waals surface area contributed by atoms with Crippen molar-refractivity contribution in [3.05, 3.63) is 48.4 Å². The molecule has 2 aromatic carbocycles. The van der Waals surface area contributed by atoms with Gasteiger partial charge in [0.15, 0.2) is 0 Å².